The summed E-state index contributed by atoms with van der Waals surface area (Å²) in [6, 6.07) is 7.36. The van der Waals surface area contributed by atoms with Gasteiger partial charge in [-0.1, -0.05) is 29.8 Å². The van der Waals surface area contributed by atoms with Gasteiger partial charge in [0.25, 0.3) is 11.5 Å². The summed E-state index contributed by atoms with van der Waals surface area (Å²) in [6.07, 6.45) is 2.91. The number of amides is 1. The number of carbonyl (C=O) groups is 1. The van der Waals surface area contributed by atoms with Crippen molar-refractivity contribution in [3.63, 3.8) is 0 Å². The Morgan fingerprint density at radius 1 is 1.19 bits per heavy atom. The topological polar surface area (TPSA) is 106 Å². The van der Waals surface area contributed by atoms with Gasteiger partial charge in [-0.3, -0.25) is 9.59 Å². The third-order valence-electron chi connectivity index (χ3n) is 4.26. The quantitative estimate of drug-likeness (QED) is 0.721. The maximum absolute atomic E-state index is 12.5. The standard InChI is InChI=1S/C19H22N6O2/c1-11(2)25-10-21-24-17(25)13(4)22-18(26)15-9-20-16(23-19(15)27)14-7-5-12(3)6-8-14/h5-11,13H,1-4H3,(H,22,26)(H,20,23,27)/t13-/m0/s1. The van der Waals surface area contributed by atoms with Gasteiger partial charge < -0.3 is 14.9 Å². The predicted molar refractivity (Wildman–Crippen MR) is 101 cm³/mol. The van der Waals surface area contributed by atoms with Gasteiger partial charge in [-0.25, -0.2) is 4.98 Å². The third kappa shape index (κ3) is 3.94. The van der Waals surface area contributed by atoms with Gasteiger partial charge >= 0.3 is 0 Å². The monoisotopic (exact) mass is 366 g/mol. The Hall–Kier alpha value is -3.29. The summed E-state index contributed by atoms with van der Waals surface area (Å²) in [5, 5.41) is 10.7. The number of aryl methyl sites for hydroxylation is 1. The summed E-state index contributed by atoms with van der Waals surface area (Å²) in [4.78, 5) is 31.8. The van der Waals surface area contributed by atoms with Crippen molar-refractivity contribution in [2.24, 2.45) is 0 Å². The smallest absolute Gasteiger partial charge is 0.264 e. The maximum atomic E-state index is 12.5. The molecule has 2 heterocycles. The summed E-state index contributed by atoms with van der Waals surface area (Å²) in [7, 11) is 0. The van der Waals surface area contributed by atoms with Gasteiger partial charge in [-0.2, -0.15) is 0 Å². The molecular weight excluding hydrogens is 344 g/mol. The molecule has 0 saturated heterocycles. The summed E-state index contributed by atoms with van der Waals surface area (Å²) < 4.78 is 1.87. The average molecular weight is 366 g/mol. The molecule has 0 radical (unpaired) electrons. The van der Waals surface area contributed by atoms with Gasteiger partial charge in [0.05, 0.1) is 6.04 Å². The van der Waals surface area contributed by atoms with E-state index in [0.717, 1.165) is 11.1 Å². The molecule has 0 saturated carbocycles. The highest BCUT2D eigenvalue weighted by atomic mass is 16.2. The number of hydrogen-bond acceptors (Lipinski definition) is 5. The predicted octanol–water partition coefficient (Wildman–Crippen LogP) is 2.41. The molecule has 140 valence electrons. The molecular formula is C19H22N6O2. The Morgan fingerprint density at radius 2 is 1.89 bits per heavy atom. The summed E-state index contributed by atoms with van der Waals surface area (Å²) >= 11 is 0. The van der Waals surface area contributed by atoms with E-state index in [-0.39, 0.29) is 11.6 Å². The van der Waals surface area contributed by atoms with E-state index in [1.807, 2.05) is 49.6 Å². The normalized spacial score (nSPS) is 12.2. The molecule has 8 nitrogen and oxygen atoms in total. The van der Waals surface area contributed by atoms with Crippen molar-refractivity contribution >= 4 is 5.91 Å². The number of nitrogens with one attached hydrogen (secondary N) is 2. The first kappa shape index (κ1) is 18.5. The van der Waals surface area contributed by atoms with E-state index in [1.54, 1.807) is 13.3 Å². The Morgan fingerprint density at radius 3 is 2.52 bits per heavy atom. The molecule has 0 aliphatic rings. The Kier molecular flexibility index (Phi) is 5.16. The lowest BCUT2D eigenvalue weighted by atomic mass is 10.1. The van der Waals surface area contributed by atoms with Crippen LogP contribution < -0.4 is 10.9 Å². The molecule has 0 unspecified atom stereocenters. The highest BCUT2D eigenvalue weighted by Gasteiger charge is 2.20. The van der Waals surface area contributed by atoms with Crippen molar-refractivity contribution in [3.8, 4) is 11.4 Å². The van der Waals surface area contributed by atoms with Crippen LogP contribution in [0.25, 0.3) is 11.4 Å². The lowest BCUT2D eigenvalue weighted by molar-refractivity contribution is 0.0935. The van der Waals surface area contributed by atoms with Gasteiger partial charge in [-0.05, 0) is 27.7 Å². The second-order valence-corrected chi connectivity index (χ2v) is 6.73. The van der Waals surface area contributed by atoms with Crippen LogP contribution in [-0.2, 0) is 0 Å². The fraction of sp³-hybridized carbons (Fsp3) is 0.316. The Labute approximate surface area is 156 Å². The minimum atomic E-state index is -0.509. The fourth-order valence-electron chi connectivity index (χ4n) is 2.71. The summed E-state index contributed by atoms with van der Waals surface area (Å²) in [6.45, 7) is 7.78. The van der Waals surface area contributed by atoms with Crippen LogP contribution in [-0.4, -0.2) is 30.6 Å². The van der Waals surface area contributed by atoms with E-state index in [0.29, 0.717) is 11.6 Å². The highest BCUT2D eigenvalue weighted by molar-refractivity contribution is 5.93. The van der Waals surface area contributed by atoms with Gasteiger partial charge in [0.1, 0.15) is 17.7 Å². The number of aromatic amines is 1. The molecule has 1 amide bonds. The maximum Gasteiger partial charge on any atom is 0.264 e. The molecule has 27 heavy (non-hydrogen) atoms. The lowest BCUT2D eigenvalue weighted by Crippen LogP contribution is -2.33. The molecule has 2 N–H and O–H groups in total. The SMILES string of the molecule is Cc1ccc(-c2ncc(C(=O)N[C@@H](C)c3nncn3C(C)C)c(=O)[nH]2)cc1. The number of aromatic nitrogens is 5. The van der Waals surface area contributed by atoms with Crippen LogP contribution in [0.3, 0.4) is 0 Å². The van der Waals surface area contributed by atoms with Crippen LogP contribution in [0.5, 0.6) is 0 Å². The summed E-state index contributed by atoms with van der Waals surface area (Å²) in [5.41, 5.74) is 1.35. The van der Waals surface area contributed by atoms with Crippen LogP contribution in [0.4, 0.5) is 0 Å². The van der Waals surface area contributed by atoms with Crippen LogP contribution >= 0.6 is 0 Å². The van der Waals surface area contributed by atoms with Crippen LogP contribution in [0.15, 0.2) is 41.6 Å². The van der Waals surface area contributed by atoms with E-state index < -0.39 is 17.5 Å². The number of rotatable bonds is 5. The largest absolute Gasteiger partial charge is 0.342 e. The second kappa shape index (κ2) is 7.53. The van der Waals surface area contributed by atoms with Crippen molar-refractivity contribution in [2.45, 2.75) is 39.8 Å². The van der Waals surface area contributed by atoms with Crippen LogP contribution in [0.2, 0.25) is 0 Å². The molecule has 0 fully saturated rings. The van der Waals surface area contributed by atoms with Crippen molar-refractivity contribution in [1.82, 2.24) is 30.0 Å². The first-order valence-corrected chi connectivity index (χ1v) is 8.73. The number of hydrogen-bond donors (Lipinski definition) is 2. The van der Waals surface area contributed by atoms with Crippen molar-refractivity contribution in [3.05, 3.63) is 64.1 Å². The minimum absolute atomic E-state index is 0.0478. The molecule has 8 heteroatoms. The first-order valence-electron chi connectivity index (χ1n) is 8.73. The number of benzene rings is 1. The molecule has 3 aromatic rings. The first-order chi connectivity index (χ1) is 12.9. The fourth-order valence-corrected chi connectivity index (χ4v) is 2.71. The zero-order valence-corrected chi connectivity index (χ0v) is 15.7. The van der Waals surface area contributed by atoms with Gasteiger partial charge in [0.15, 0.2) is 5.82 Å². The molecule has 0 aliphatic heterocycles. The van der Waals surface area contributed by atoms with Crippen LogP contribution in [0, 0.1) is 6.92 Å². The Bertz CT molecular complexity index is 1000. The van der Waals surface area contributed by atoms with Gasteiger partial charge in [0.2, 0.25) is 0 Å². The Balaban J connectivity index is 1.80. The summed E-state index contributed by atoms with van der Waals surface area (Å²) in [5.74, 6) is 0.535. The van der Waals surface area contributed by atoms with E-state index in [4.69, 9.17) is 0 Å². The van der Waals surface area contributed by atoms with Crippen molar-refractivity contribution in [1.29, 1.82) is 0 Å². The molecule has 0 bridgehead atoms. The lowest BCUT2D eigenvalue weighted by Gasteiger charge is -2.16. The zero-order valence-electron chi connectivity index (χ0n) is 15.7. The number of nitrogens with zero attached hydrogens (tertiary/aromatic N) is 4. The van der Waals surface area contributed by atoms with Crippen LogP contribution in [0.1, 0.15) is 54.6 Å². The van der Waals surface area contributed by atoms with Crippen molar-refractivity contribution in [2.75, 3.05) is 0 Å². The molecule has 0 aliphatic carbocycles. The molecule has 1 atom stereocenters. The molecule has 0 spiro atoms. The van der Waals surface area contributed by atoms with Gasteiger partial charge in [-0.15, -0.1) is 10.2 Å². The molecule has 3 rings (SSSR count). The number of carbonyl (C=O) groups excluding carboxylic acids is 1. The van der Waals surface area contributed by atoms with Crippen molar-refractivity contribution < 1.29 is 4.79 Å². The van der Waals surface area contributed by atoms with E-state index in [1.165, 1.54) is 6.20 Å². The average Bonchev–Trinajstić information content (AvgIpc) is 3.12. The van der Waals surface area contributed by atoms with Gasteiger partial charge in [0, 0.05) is 17.8 Å². The molecule has 1 aromatic carbocycles. The highest BCUT2D eigenvalue weighted by Crippen LogP contribution is 2.16. The second-order valence-electron chi connectivity index (χ2n) is 6.73. The third-order valence-corrected chi connectivity index (χ3v) is 4.26. The minimum Gasteiger partial charge on any atom is -0.342 e. The zero-order chi connectivity index (χ0) is 19.6. The van der Waals surface area contributed by atoms with E-state index in [2.05, 4.69) is 25.5 Å². The van der Waals surface area contributed by atoms with E-state index in [9.17, 15) is 9.59 Å². The van der Waals surface area contributed by atoms with E-state index >= 15 is 0 Å². The number of H-pyrrole nitrogens is 1. The molecule has 2 aromatic heterocycles.